The first kappa shape index (κ1) is 14.5. The molecule has 0 radical (unpaired) electrons. The van der Waals surface area contributed by atoms with Gasteiger partial charge in [0.05, 0.1) is 7.11 Å². The van der Waals surface area contributed by atoms with Gasteiger partial charge in [0.25, 0.3) is 0 Å². The number of esters is 1. The number of halogens is 1. The van der Waals surface area contributed by atoms with Gasteiger partial charge >= 0.3 is 5.97 Å². The first-order valence-electron chi connectivity index (χ1n) is 5.97. The summed E-state index contributed by atoms with van der Waals surface area (Å²) in [5.74, 6) is -0.944. The predicted molar refractivity (Wildman–Crippen MR) is 73.8 cm³/mol. The average Bonchev–Trinajstić information content (AvgIpc) is 2.40. The standard InChI is InChI=1S/C14H17BrO4/c1-17-12(16)13(8-14(9-13,18-2)19-3)10-4-6-11(15)7-5-10/h4-7H,8-9H2,1-3H3. The Labute approximate surface area is 121 Å². The molecule has 1 fully saturated rings. The van der Waals surface area contributed by atoms with Gasteiger partial charge in [-0.15, -0.1) is 0 Å². The quantitative estimate of drug-likeness (QED) is 0.629. The van der Waals surface area contributed by atoms with E-state index in [0.717, 1.165) is 10.0 Å². The fourth-order valence-electron chi connectivity index (χ4n) is 2.67. The molecule has 1 aromatic rings. The Morgan fingerprint density at radius 3 is 2.05 bits per heavy atom. The highest BCUT2D eigenvalue weighted by atomic mass is 79.9. The molecule has 0 aromatic heterocycles. The molecule has 0 heterocycles. The zero-order chi connectivity index (χ0) is 14.1. The summed E-state index contributed by atoms with van der Waals surface area (Å²) in [6, 6.07) is 7.69. The Morgan fingerprint density at radius 2 is 1.63 bits per heavy atom. The minimum atomic E-state index is -0.693. The van der Waals surface area contributed by atoms with Gasteiger partial charge in [-0.25, -0.2) is 0 Å². The predicted octanol–water partition coefficient (Wildman–Crippen LogP) is 2.64. The molecule has 0 bridgehead atoms. The van der Waals surface area contributed by atoms with Crippen molar-refractivity contribution < 1.29 is 19.0 Å². The van der Waals surface area contributed by atoms with Crippen LogP contribution in [0, 0.1) is 0 Å². The number of benzene rings is 1. The molecule has 1 saturated carbocycles. The Balaban J connectivity index is 2.34. The second-order valence-electron chi connectivity index (χ2n) is 4.75. The summed E-state index contributed by atoms with van der Waals surface area (Å²) in [7, 11) is 4.58. The minimum Gasteiger partial charge on any atom is -0.468 e. The lowest BCUT2D eigenvalue weighted by Gasteiger charge is -2.52. The van der Waals surface area contributed by atoms with E-state index in [2.05, 4.69) is 15.9 Å². The number of carbonyl (C=O) groups is 1. The molecule has 0 unspecified atom stereocenters. The summed E-state index contributed by atoms with van der Waals surface area (Å²) in [4.78, 5) is 12.2. The molecule has 1 aliphatic carbocycles. The van der Waals surface area contributed by atoms with Crippen LogP contribution < -0.4 is 0 Å². The molecule has 1 aromatic carbocycles. The van der Waals surface area contributed by atoms with Crippen molar-refractivity contribution in [1.82, 2.24) is 0 Å². The fourth-order valence-corrected chi connectivity index (χ4v) is 2.93. The van der Waals surface area contributed by atoms with Crippen molar-refractivity contribution in [2.75, 3.05) is 21.3 Å². The van der Waals surface area contributed by atoms with Gasteiger partial charge in [-0.05, 0) is 17.7 Å². The van der Waals surface area contributed by atoms with Crippen LogP contribution >= 0.6 is 15.9 Å². The molecule has 0 saturated heterocycles. The number of hydrogen-bond donors (Lipinski definition) is 0. The van der Waals surface area contributed by atoms with Crippen LogP contribution in [0.1, 0.15) is 18.4 Å². The Kier molecular flexibility index (Phi) is 3.99. The van der Waals surface area contributed by atoms with Gasteiger partial charge in [0.15, 0.2) is 5.79 Å². The van der Waals surface area contributed by atoms with Crippen LogP contribution in [0.25, 0.3) is 0 Å². The van der Waals surface area contributed by atoms with Crippen LogP contribution in [-0.2, 0) is 24.4 Å². The van der Waals surface area contributed by atoms with Gasteiger partial charge in [0.2, 0.25) is 0 Å². The molecule has 19 heavy (non-hydrogen) atoms. The molecule has 0 atom stereocenters. The number of hydrogen-bond acceptors (Lipinski definition) is 4. The third-order valence-corrected chi connectivity index (χ3v) is 4.39. The third kappa shape index (κ3) is 2.30. The highest BCUT2D eigenvalue weighted by Crippen LogP contribution is 2.53. The minimum absolute atomic E-state index is 0.250. The summed E-state index contributed by atoms with van der Waals surface area (Å²) in [5.41, 5.74) is 0.244. The first-order chi connectivity index (χ1) is 9.02. The summed E-state index contributed by atoms with van der Waals surface area (Å²) < 4.78 is 16.7. The molecule has 0 amide bonds. The molecule has 5 heteroatoms. The average molecular weight is 329 g/mol. The van der Waals surface area contributed by atoms with E-state index in [1.165, 1.54) is 7.11 Å². The van der Waals surface area contributed by atoms with E-state index in [1.807, 2.05) is 24.3 Å². The van der Waals surface area contributed by atoms with Crippen molar-refractivity contribution in [3.05, 3.63) is 34.3 Å². The van der Waals surface area contributed by atoms with Crippen LogP contribution in [0.15, 0.2) is 28.7 Å². The molecule has 0 aliphatic heterocycles. The Bertz CT molecular complexity index is 457. The lowest BCUT2D eigenvalue weighted by atomic mass is 9.60. The van der Waals surface area contributed by atoms with Gasteiger partial charge < -0.3 is 14.2 Å². The van der Waals surface area contributed by atoms with E-state index in [0.29, 0.717) is 12.8 Å². The lowest BCUT2D eigenvalue weighted by Crippen LogP contribution is -2.60. The van der Waals surface area contributed by atoms with E-state index in [-0.39, 0.29) is 5.97 Å². The summed E-state index contributed by atoms with van der Waals surface area (Å²) in [6.45, 7) is 0. The van der Waals surface area contributed by atoms with Crippen molar-refractivity contribution in [1.29, 1.82) is 0 Å². The molecule has 104 valence electrons. The van der Waals surface area contributed by atoms with Gasteiger partial charge in [-0.3, -0.25) is 4.79 Å². The second kappa shape index (κ2) is 5.23. The van der Waals surface area contributed by atoms with Crippen molar-refractivity contribution in [2.24, 2.45) is 0 Å². The fraction of sp³-hybridized carbons (Fsp3) is 0.500. The van der Waals surface area contributed by atoms with Crippen molar-refractivity contribution in [2.45, 2.75) is 24.0 Å². The maximum atomic E-state index is 12.2. The smallest absolute Gasteiger partial charge is 0.316 e. The van der Waals surface area contributed by atoms with Crippen LogP contribution in [0.4, 0.5) is 0 Å². The molecule has 0 N–H and O–H groups in total. The SMILES string of the molecule is COC(=O)C1(c2ccc(Br)cc2)CC(OC)(OC)C1. The number of ether oxygens (including phenoxy) is 3. The first-order valence-corrected chi connectivity index (χ1v) is 6.76. The summed E-state index contributed by atoms with van der Waals surface area (Å²) in [6.07, 6.45) is 0.919. The van der Waals surface area contributed by atoms with Crippen LogP contribution in [0.5, 0.6) is 0 Å². The van der Waals surface area contributed by atoms with Crippen LogP contribution in [-0.4, -0.2) is 33.1 Å². The van der Waals surface area contributed by atoms with Gasteiger partial charge in [-0.2, -0.15) is 0 Å². The maximum absolute atomic E-state index is 12.2. The van der Waals surface area contributed by atoms with E-state index in [4.69, 9.17) is 14.2 Å². The zero-order valence-corrected chi connectivity index (χ0v) is 12.8. The number of carbonyl (C=O) groups excluding carboxylic acids is 1. The molecule has 0 spiro atoms. The Morgan fingerprint density at radius 1 is 1.11 bits per heavy atom. The van der Waals surface area contributed by atoms with Crippen molar-refractivity contribution in [3.63, 3.8) is 0 Å². The lowest BCUT2D eigenvalue weighted by molar-refractivity contribution is -0.278. The van der Waals surface area contributed by atoms with Crippen molar-refractivity contribution in [3.8, 4) is 0 Å². The monoisotopic (exact) mass is 328 g/mol. The highest BCUT2D eigenvalue weighted by molar-refractivity contribution is 9.10. The van der Waals surface area contributed by atoms with Gasteiger partial charge in [0, 0.05) is 31.5 Å². The topological polar surface area (TPSA) is 44.8 Å². The molecular formula is C14H17BrO4. The molecule has 1 aliphatic rings. The Hall–Kier alpha value is -0.910. The highest BCUT2D eigenvalue weighted by Gasteiger charge is 2.61. The van der Waals surface area contributed by atoms with Crippen molar-refractivity contribution >= 4 is 21.9 Å². The van der Waals surface area contributed by atoms with E-state index >= 15 is 0 Å². The van der Waals surface area contributed by atoms with E-state index in [1.54, 1.807) is 14.2 Å². The maximum Gasteiger partial charge on any atom is 0.316 e. The summed E-state index contributed by atoms with van der Waals surface area (Å²) >= 11 is 3.39. The zero-order valence-electron chi connectivity index (χ0n) is 11.2. The normalized spacial score (nSPS) is 19.6. The van der Waals surface area contributed by atoms with Crippen LogP contribution in [0.2, 0.25) is 0 Å². The number of methoxy groups -OCH3 is 3. The summed E-state index contributed by atoms with van der Waals surface area (Å²) in [5, 5.41) is 0. The van der Waals surface area contributed by atoms with E-state index in [9.17, 15) is 4.79 Å². The number of rotatable bonds is 4. The molecular weight excluding hydrogens is 312 g/mol. The second-order valence-corrected chi connectivity index (χ2v) is 5.67. The van der Waals surface area contributed by atoms with E-state index < -0.39 is 11.2 Å². The molecule has 2 rings (SSSR count). The molecule has 4 nitrogen and oxygen atoms in total. The van der Waals surface area contributed by atoms with Gasteiger partial charge in [0.1, 0.15) is 5.41 Å². The van der Waals surface area contributed by atoms with Gasteiger partial charge in [-0.1, -0.05) is 28.1 Å². The van der Waals surface area contributed by atoms with Crippen LogP contribution in [0.3, 0.4) is 0 Å². The largest absolute Gasteiger partial charge is 0.468 e. The third-order valence-electron chi connectivity index (χ3n) is 3.86.